The van der Waals surface area contributed by atoms with Gasteiger partial charge in [-0.25, -0.2) is 0 Å². The van der Waals surface area contributed by atoms with Crippen LogP contribution in [-0.4, -0.2) is 52.4 Å². The molecule has 0 aromatic carbocycles. The van der Waals surface area contributed by atoms with Crippen LogP contribution < -0.4 is 4.74 Å². The molecule has 0 bridgehead atoms. The van der Waals surface area contributed by atoms with Crippen molar-refractivity contribution >= 4 is 0 Å². The molecule has 1 aliphatic heterocycles. The molecule has 0 spiro atoms. The van der Waals surface area contributed by atoms with Crippen LogP contribution in [0.15, 0.2) is 29.0 Å². The van der Waals surface area contributed by atoms with E-state index in [0.29, 0.717) is 25.0 Å². The number of pyridine rings is 1. The van der Waals surface area contributed by atoms with Crippen molar-refractivity contribution in [2.45, 2.75) is 56.7 Å². The summed E-state index contributed by atoms with van der Waals surface area (Å²) in [5.41, 5.74) is 0. The Bertz CT molecular complexity index is 687. The molecule has 1 aliphatic carbocycles. The zero-order valence-corrected chi connectivity index (χ0v) is 15.2. The van der Waals surface area contributed by atoms with Crippen LogP contribution in [0.2, 0.25) is 0 Å². The molecule has 2 aliphatic rings. The number of hydrogen-bond donors (Lipinski definition) is 0. The molecule has 0 N–H and O–H groups in total. The third-order valence-electron chi connectivity index (χ3n) is 5.44. The molecule has 2 aromatic heterocycles. The summed E-state index contributed by atoms with van der Waals surface area (Å²) in [4.78, 5) is 11.1. The Morgan fingerprint density at radius 2 is 2.19 bits per heavy atom. The first-order chi connectivity index (χ1) is 12.8. The van der Waals surface area contributed by atoms with E-state index in [9.17, 15) is 0 Å². The largest absolute Gasteiger partial charge is 0.490 e. The number of ether oxygens (including phenoxy) is 2. The van der Waals surface area contributed by atoms with Crippen LogP contribution in [0.25, 0.3) is 0 Å². The Kier molecular flexibility index (Phi) is 5.45. The first kappa shape index (κ1) is 17.4. The predicted octanol–water partition coefficient (Wildman–Crippen LogP) is 2.79. The lowest BCUT2D eigenvalue weighted by Crippen LogP contribution is -2.34. The fourth-order valence-electron chi connectivity index (χ4n) is 3.96. The van der Waals surface area contributed by atoms with Gasteiger partial charge in [-0.1, -0.05) is 18.0 Å². The van der Waals surface area contributed by atoms with E-state index in [0.717, 1.165) is 24.5 Å². The zero-order valence-electron chi connectivity index (χ0n) is 15.2. The maximum atomic E-state index is 5.91. The zero-order chi connectivity index (χ0) is 17.8. The summed E-state index contributed by atoms with van der Waals surface area (Å²) in [6.07, 6.45) is 9.50. The number of methoxy groups -OCH3 is 1. The average Bonchev–Trinajstić information content (AvgIpc) is 3.42. The Morgan fingerprint density at radius 3 is 2.96 bits per heavy atom. The molecule has 0 unspecified atom stereocenters. The van der Waals surface area contributed by atoms with Crippen molar-refractivity contribution < 1.29 is 14.0 Å². The van der Waals surface area contributed by atoms with Gasteiger partial charge in [-0.15, -0.1) is 0 Å². The number of rotatable bonds is 7. The molecule has 3 heterocycles. The van der Waals surface area contributed by atoms with Crippen LogP contribution in [0.3, 0.4) is 0 Å². The van der Waals surface area contributed by atoms with E-state index >= 15 is 0 Å². The van der Waals surface area contributed by atoms with E-state index in [2.05, 4.69) is 20.0 Å². The second-order valence-electron chi connectivity index (χ2n) is 7.20. The molecule has 7 heteroatoms. The molecule has 7 nitrogen and oxygen atoms in total. The smallest absolute Gasteiger partial charge is 0.240 e. The summed E-state index contributed by atoms with van der Waals surface area (Å²) in [6.45, 7) is 2.08. The van der Waals surface area contributed by atoms with E-state index in [1.54, 1.807) is 19.5 Å². The molecule has 1 saturated heterocycles. The van der Waals surface area contributed by atoms with Gasteiger partial charge in [0.05, 0.1) is 18.8 Å². The minimum atomic E-state index is 0.203. The van der Waals surface area contributed by atoms with Gasteiger partial charge >= 0.3 is 0 Å². The van der Waals surface area contributed by atoms with Crippen molar-refractivity contribution in [1.82, 2.24) is 20.0 Å². The van der Waals surface area contributed by atoms with Gasteiger partial charge < -0.3 is 14.0 Å². The lowest BCUT2D eigenvalue weighted by atomic mass is 10.1. The average molecular weight is 358 g/mol. The molecule has 1 saturated carbocycles. The lowest BCUT2D eigenvalue weighted by Gasteiger charge is -2.22. The molecule has 2 fully saturated rings. The molecule has 0 amide bonds. The third kappa shape index (κ3) is 4.04. The SMILES string of the molecule is CO[C@@H]1C[C@@H](COc2cccnc2)N(Cc2nc(C3CCCC3)no2)C1. The summed E-state index contributed by atoms with van der Waals surface area (Å²) in [5, 5.41) is 4.21. The molecule has 0 radical (unpaired) electrons. The molecular formula is C19H26N4O3. The minimum absolute atomic E-state index is 0.203. The lowest BCUT2D eigenvalue weighted by molar-refractivity contribution is 0.105. The summed E-state index contributed by atoms with van der Waals surface area (Å²) in [7, 11) is 1.76. The second-order valence-corrected chi connectivity index (χ2v) is 7.20. The van der Waals surface area contributed by atoms with Gasteiger partial charge in [-0.2, -0.15) is 4.98 Å². The van der Waals surface area contributed by atoms with E-state index in [1.807, 2.05) is 12.1 Å². The molecular weight excluding hydrogens is 332 g/mol. The van der Waals surface area contributed by atoms with Crippen LogP contribution in [0, 0.1) is 0 Å². The van der Waals surface area contributed by atoms with Gasteiger partial charge in [0.15, 0.2) is 5.82 Å². The van der Waals surface area contributed by atoms with Crippen molar-refractivity contribution in [2.24, 2.45) is 0 Å². The number of hydrogen-bond acceptors (Lipinski definition) is 7. The Labute approximate surface area is 153 Å². The highest BCUT2D eigenvalue weighted by molar-refractivity contribution is 5.15. The van der Waals surface area contributed by atoms with Crippen LogP contribution in [-0.2, 0) is 11.3 Å². The second kappa shape index (κ2) is 8.14. The van der Waals surface area contributed by atoms with Crippen molar-refractivity contribution in [3.63, 3.8) is 0 Å². The first-order valence-electron chi connectivity index (χ1n) is 9.44. The van der Waals surface area contributed by atoms with Crippen molar-refractivity contribution in [1.29, 1.82) is 0 Å². The van der Waals surface area contributed by atoms with Crippen LogP contribution in [0.4, 0.5) is 0 Å². The highest BCUT2D eigenvalue weighted by Gasteiger charge is 2.34. The Hall–Kier alpha value is -1.99. The van der Waals surface area contributed by atoms with Gasteiger partial charge in [-0.3, -0.25) is 9.88 Å². The fourth-order valence-corrected chi connectivity index (χ4v) is 3.96. The predicted molar refractivity (Wildman–Crippen MR) is 94.9 cm³/mol. The quantitative estimate of drug-likeness (QED) is 0.753. The van der Waals surface area contributed by atoms with E-state index in [-0.39, 0.29) is 12.1 Å². The topological polar surface area (TPSA) is 73.5 Å². The van der Waals surface area contributed by atoms with Crippen LogP contribution >= 0.6 is 0 Å². The van der Waals surface area contributed by atoms with Crippen molar-refractivity contribution in [3.05, 3.63) is 36.2 Å². The van der Waals surface area contributed by atoms with Gasteiger partial charge in [0.2, 0.25) is 5.89 Å². The Morgan fingerprint density at radius 1 is 1.31 bits per heavy atom. The van der Waals surface area contributed by atoms with E-state index in [1.165, 1.54) is 25.7 Å². The Balaban J connectivity index is 1.38. The maximum absolute atomic E-state index is 5.91. The normalized spacial score (nSPS) is 24.3. The molecule has 2 atom stereocenters. The van der Waals surface area contributed by atoms with Gasteiger partial charge in [0.25, 0.3) is 0 Å². The van der Waals surface area contributed by atoms with E-state index < -0.39 is 0 Å². The first-order valence-corrected chi connectivity index (χ1v) is 9.44. The molecule has 2 aromatic rings. The highest BCUT2D eigenvalue weighted by atomic mass is 16.5. The summed E-state index contributed by atoms with van der Waals surface area (Å²) in [6, 6.07) is 4.05. The molecule has 4 rings (SSSR count). The van der Waals surface area contributed by atoms with Crippen LogP contribution in [0.1, 0.15) is 49.7 Å². The van der Waals surface area contributed by atoms with E-state index in [4.69, 9.17) is 14.0 Å². The minimum Gasteiger partial charge on any atom is -0.490 e. The number of nitrogens with zero attached hydrogens (tertiary/aromatic N) is 4. The van der Waals surface area contributed by atoms with Crippen LogP contribution in [0.5, 0.6) is 5.75 Å². The number of likely N-dealkylation sites (tertiary alicyclic amines) is 1. The van der Waals surface area contributed by atoms with Gasteiger partial charge in [0.1, 0.15) is 12.4 Å². The molecule has 140 valence electrons. The third-order valence-corrected chi connectivity index (χ3v) is 5.44. The summed E-state index contributed by atoms with van der Waals surface area (Å²) >= 11 is 0. The molecule has 26 heavy (non-hydrogen) atoms. The highest BCUT2D eigenvalue weighted by Crippen LogP contribution is 2.32. The number of aromatic nitrogens is 3. The fraction of sp³-hybridized carbons (Fsp3) is 0.632. The van der Waals surface area contributed by atoms with Gasteiger partial charge in [-0.05, 0) is 31.4 Å². The summed E-state index contributed by atoms with van der Waals surface area (Å²) < 4.78 is 17.0. The summed E-state index contributed by atoms with van der Waals surface area (Å²) in [5.74, 6) is 2.83. The monoisotopic (exact) mass is 358 g/mol. The maximum Gasteiger partial charge on any atom is 0.240 e. The standard InChI is InChI=1S/C19H26N4O3/c1-24-17-9-15(13-25-16-7-4-8-20-10-16)23(11-17)12-18-21-19(22-26-18)14-5-2-3-6-14/h4,7-8,10,14-15,17H,2-3,5-6,9,11-13H2,1H3/t15-,17+/m0/s1. The van der Waals surface area contributed by atoms with Crippen molar-refractivity contribution in [2.75, 3.05) is 20.3 Å². The van der Waals surface area contributed by atoms with Crippen molar-refractivity contribution in [3.8, 4) is 5.75 Å². The van der Waals surface area contributed by atoms with Gasteiger partial charge in [0, 0.05) is 31.8 Å².